The van der Waals surface area contributed by atoms with Crippen molar-refractivity contribution in [1.29, 1.82) is 5.26 Å². The van der Waals surface area contributed by atoms with E-state index in [2.05, 4.69) is 20.9 Å². The van der Waals surface area contributed by atoms with Crippen LogP contribution in [0.15, 0.2) is 33.5 Å². The van der Waals surface area contributed by atoms with Gasteiger partial charge < -0.3 is 4.98 Å². The van der Waals surface area contributed by atoms with Gasteiger partial charge in [-0.1, -0.05) is 22.0 Å². The number of aromatic amines is 1. The van der Waals surface area contributed by atoms with Crippen LogP contribution in [0.5, 0.6) is 0 Å². The van der Waals surface area contributed by atoms with Crippen LogP contribution in [-0.2, 0) is 6.42 Å². The third-order valence-electron chi connectivity index (χ3n) is 2.96. The average molecular weight is 287 g/mol. The molecule has 0 saturated carbocycles. The first-order valence-electron chi connectivity index (χ1n) is 5.14. The highest BCUT2D eigenvalue weighted by molar-refractivity contribution is 9.10. The fraction of sp³-hybridized carbons (Fsp3) is 0.0769. The van der Waals surface area contributed by atoms with Gasteiger partial charge in [-0.15, -0.1) is 0 Å². The standard InChI is InChI=1S/C13H7BrN2O/c14-10-1-2-11-7(5-10)3-8-4-9(6-15)13(17)16-12(8)11/h1-2,4-5H,3H2,(H,16,17). The SMILES string of the molecule is N#Cc1cc2c([nH]c1=O)-c1ccc(Br)cc1C2. The zero-order chi connectivity index (χ0) is 12.0. The van der Waals surface area contributed by atoms with Crippen molar-refractivity contribution in [2.75, 3.05) is 0 Å². The molecule has 0 unspecified atom stereocenters. The second kappa shape index (κ2) is 3.57. The van der Waals surface area contributed by atoms with E-state index in [-0.39, 0.29) is 11.1 Å². The summed E-state index contributed by atoms with van der Waals surface area (Å²) in [6, 6.07) is 9.56. The third kappa shape index (κ3) is 1.51. The van der Waals surface area contributed by atoms with E-state index >= 15 is 0 Å². The van der Waals surface area contributed by atoms with Crippen LogP contribution >= 0.6 is 15.9 Å². The molecule has 0 radical (unpaired) electrons. The van der Waals surface area contributed by atoms with Crippen LogP contribution in [0.2, 0.25) is 0 Å². The van der Waals surface area contributed by atoms with Crippen LogP contribution in [0, 0.1) is 11.3 Å². The van der Waals surface area contributed by atoms with Gasteiger partial charge in [-0.25, -0.2) is 0 Å². The Morgan fingerprint density at radius 3 is 2.88 bits per heavy atom. The molecule has 1 aromatic heterocycles. The molecule has 0 spiro atoms. The Balaban J connectivity index is 2.28. The molecule has 3 rings (SSSR count). The number of nitriles is 1. The van der Waals surface area contributed by atoms with Gasteiger partial charge in [0, 0.05) is 16.5 Å². The minimum Gasteiger partial charge on any atom is -0.321 e. The highest BCUT2D eigenvalue weighted by Crippen LogP contribution is 2.35. The molecule has 3 nitrogen and oxygen atoms in total. The highest BCUT2D eigenvalue weighted by Gasteiger charge is 2.20. The molecule has 1 heterocycles. The number of nitrogens with zero attached hydrogens (tertiary/aromatic N) is 1. The van der Waals surface area contributed by atoms with Crippen molar-refractivity contribution >= 4 is 15.9 Å². The molecular formula is C13H7BrN2O. The van der Waals surface area contributed by atoms with Crippen molar-refractivity contribution in [3.8, 4) is 17.3 Å². The maximum atomic E-state index is 11.6. The topological polar surface area (TPSA) is 56.6 Å². The quantitative estimate of drug-likeness (QED) is 0.691. The second-order valence-electron chi connectivity index (χ2n) is 4.00. The zero-order valence-electron chi connectivity index (χ0n) is 8.75. The number of pyridine rings is 1. The number of H-pyrrole nitrogens is 1. The van der Waals surface area contributed by atoms with E-state index in [0.717, 1.165) is 27.7 Å². The van der Waals surface area contributed by atoms with E-state index in [1.54, 1.807) is 6.07 Å². The summed E-state index contributed by atoms with van der Waals surface area (Å²) in [7, 11) is 0. The Morgan fingerprint density at radius 2 is 2.12 bits per heavy atom. The Bertz CT molecular complexity index is 725. The van der Waals surface area contributed by atoms with Gasteiger partial charge in [-0.3, -0.25) is 4.79 Å². The smallest absolute Gasteiger partial charge is 0.266 e. The Labute approximate surface area is 106 Å². The Kier molecular flexibility index (Phi) is 2.17. The first-order valence-corrected chi connectivity index (χ1v) is 5.93. The van der Waals surface area contributed by atoms with Crippen molar-refractivity contribution in [2.24, 2.45) is 0 Å². The fourth-order valence-corrected chi connectivity index (χ4v) is 2.60. The summed E-state index contributed by atoms with van der Waals surface area (Å²) in [5.74, 6) is 0. The molecule has 17 heavy (non-hydrogen) atoms. The molecular weight excluding hydrogens is 280 g/mol. The molecule has 2 aromatic rings. The maximum absolute atomic E-state index is 11.6. The summed E-state index contributed by atoms with van der Waals surface area (Å²) < 4.78 is 1.02. The summed E-state index contributed by atoms with van der Waals surface area (Å²) in [5, 5.41) is 8.83. The molecule has 0 atom stereocenters. The van der Waals surface area contributed by atoms with E-state index < -0.39 is 0 Å². The molecule has 82 valence electrons. The predicted octanol–water partition coefficient (Wildman–Crippen LogP) is 2.58. The van der Waals surface area contributed by atoms with Gasteiger partial charge in [0.05, 0.1) is 5.69 Å². The highest BCUT2D eigenvalue weighted by atomic mass is 79.9. The fourth-order valence-electron chi connectivity index (χ4n) is 2.19. The number of aromatic nitrogens is 1. The van der Waals surface area contributed by atoms with Crippen molar-refractivity contribution < 1.29 is 0 Å². The molecule has 0 aliphatic heterocycles. The summed E-state index contributed by atoms with van der Waals surface area (Å²) >= 11 is 3.43. The van der Waals surface area contributed by atoms with Crippen molar-refractivity contribution in [3.05, 3.63) is 55.8 Å². The van der Waals surface area contributed by atoms with Gasteiger partial charge in [0.15, 0.2) is 0 Å². The normalized spacial score (nSPS) is 11.8. The van der Waals surface area contributed by atoms with Crippen molar-refractivity contribution in [1.82, 2.24) is 4.98 Å². The predicted molar refractivity (Wildman–Crippen MR) is 67.7 cm³/mol. The lowest BCUT2D eigenvalue weighted by atomic mass is 10.1. The molecule has 0 fully saturated rings. The number of nitrogens with one attached hydrogen (secondary N) is 1. The average Bonchev–Trinajstić information content (AvgIpc) is 2.64. The van der Waals surface area contributed by atoms with E-state index in [0.29, 0.717) is 0 Å². The van der Waals surface area contributed by atoms with Crippen LogP contribution in [0.3, 0.4) is 0 Å². The molecule has 1 aromatic carbocycles. The number of halogens is 1. The maximum Gasteiger partial charge on any atom is 0.266 e. The first kappa shape index (κ1) is 10.3. The number of hydrogen-bond acceptors (Lipinski definition) is 2. The van der Waals surface area contributed by atoms with Gasteiger partial charge in [0.2, 0.25) is 0 Å². The number of hydrogen-bond donors (Lipinski definition) is 1. The number of fused-ring (bicyclic) bond motifs is 3. The van der Waals surface area contributed by atoms with Gasteiger partial charge in [-0.2, -0.15) is 5.26 Å². The Hall–Kier alpha value is -1.86. The van der Waals surface area contributed by atoms with E-state index in [1.165, 1.54) is 5.56 Å². The second-order valence-corrected chi connectivity index (χ2v) is 4.92. The molecule has 0 amide bonds. The monoisotopic (exact) mass is 286 g/mol. The molecule has 0 saturated heterocycles. The zero-order valence-corrected chi connectivity index (χ0v) is 10.3. The summed E-state index contributed by atoms with van der Waals surface area (Å²) in [6.07, 6.45) is 0.759. The minimum atomic E-state index is -0.318. The number of benzene rings is 1. The summed E-state index contributed by atoms with van der Waals surface area (Å²) in [4.78, 5) is 14.4. The molecule has 1 N–H and O–H groups in total. The third-order valence-corrected chi connectivity index (χ3v) is 3.45. The van der Waals surface area contributed by atoms with Gasteiger partial charge in [-0.05, 0) is 29.3 Å². The number of rotatable bonds is 0. The van der Waals surface area contributed by atoms with Crippen LogP contribution in [0.25, 0.3) is 11.3 Å². The largest absolute Gasteiger partial charge is 0.321 e. The molecule has 1 aliphatic rings. The first-order chi connectivity index (χ1) is 8.19. The van der Waals surface area contributed by atoms with E-state index in [9.17, 15) is 4.79 Å². The lowest BCUT2D eigenvalue weighted by Gasteiger charge is -2.00. The van der Waals surface area contributed by atoms with Crippen LogP contribution in [0.1, 0.15) is 16.7 Å². The lowest BCUT2D eigenvalue weighted by Crippen LogP contribution is -2.11. The van der Waals surface area contributed by atoms with Crippen molar-refractivity contribution in [2.45, 2.75) is 6.42 Å². The van der Waals surface area contributed by atoms with Crippen LogP contribution in [0.4, 0.5) is 0 Å². The minimum absolute atomic E-state index is 0.177. The van der Waals surface area contributed by atoms with Crippen LogP contribution < -0.4 is 5.56 Å². The van der Waals surface area contributed by atoms with Crippen molar-refractivity contribution in [3.63, 3.8) is 0 Å². The van der Waals surface area contributed by atoms with E-state index in [1.807, 2.05) is 24.3 Å². The van der Waals surface area contributed by atoms with Gasteiger partial charge in [0.1, 0.15) is 11.6 Å². The molecule has 4 heteroatoms. The van der Waals surface area contributed by atoms with E-state index in [4.69, 9.17) is 5.26 Å². The van der Waals surface area contributed by atoms with Gasteiger partial charge in [0.25, 0.3) is 5.56 Å². The molecule has 0 bridgehead atoms. The summed E-state index contributed by atoms with van der Waals surface area (Å²) in [5.41, 5.74) is 3.92. The van der Waals surface area contributed by atoms with Crippen LogP contribution in [-0.4, -0.2) is 4.98 Å². The lowest BCUT2D eigenvalue weighted by molar-refractivity contribution is 1.17. The Morgan fingerprint density at radius 1 is 1.29 bits per heavy atom. The summed E-state index contributed by atoms with van der Waals surface area (Å²) in [6.45, 7) is 0. The molecule has 1 aliphatic carbocycles. The van der Waals surface area contributed by atoms with Gasteiger partial charge >= 0.3 is 0 Å².